The van der Waals surface area contributed by atoms with E-state index < -0.39 is 5.97 Å². The molecule has 1 N–H and O–H groups in total. The first-order chi connectivity index (χ1) is 7.49. The van der Waals surface area contributed by atoms with Crippen molar-refractivity contribution in [2.45, 2.75) is 33.6 Å². The summed E-state index contributed by atoms with van der Waals surface area (Å²) in [5.74, 6) is -0.537. The molecule has 0 spiro atoms. The van der Waals surface area contributed by atoms with E-state index in [4.69, 9.17) is 5.11 Å². The summed E-state index contributed by atoms with van der Waals surface area (Å²) >= 11 is 0. The second kappa shape index (κ2) is 5.69. The Kier molecular flexibility index (Phi) is 4.53. The number of carbonyl (C=O) groups is 1. The van der Waals surface area contributed by atoms with E-state index in [1.54, 1.807) is 6.92 Å². The minimum atomic E-state index is -0.698. The molecule has 1 aromatic carbocycles. The Bertz CT molecular complexity index is 340. The van der Waals surface area contributed by atoms with Gasteiger partial charge in [-0.2, -0.15) is 0 Å². The molecular formula is C14H20O2. The van der Waals surface area contributed by atoms with Crippen molar-refractivity contribution in [3.05, 3.63) is 35.4 Å². The Morgan fingerprint density at radius 1 is 1.25 bits per heavy atom. The van der Waals surface area contributed by atoms with Crippen molar-refractivity contribution in [3.63, 3.8) is 0 Å². The van der Waals surface area contributed by atoms with Gasteiger partial charge in [-0.3, -0.25) is 4.79 Å². The van der Waals surface area contributed by atoms with Crippen molar-refractivity contribution in [2.24, 2.45) is 11.8 Å². The van der Waals surface area contributed by atoms with Gasteiger partial charge < -0.3 is 5.11 Å². The average molecular weight is 220 g/mol. The van der Waals surface area contributed by atoms with Crippen LogP contribution in [0.1, 0.15) is 31.4 Å². The van der Waals surface area contributed by atoms with Crippen LogP contribution in [0.15, 0.2) is 24.3 Å². The number of hydrogen-bond acceptors (Lipinski definition) is 1. The van der Waals surface area contributed by atoms with E-state index in [1.165, 1.54) is 11.1 Å². The molecule has 2 heteroatoms. The zero-order chi connectivity index (χ0) is 12.1. The van der Waals surface area contributed by atoms with Crippen LogP contribution in [0.25, 0.3) is 0 Å². The summed E-state index contributed by atoms with van der Waals surface area (Å²) in [6.45, 7) is 5.95. The number of aliphatic carboxylic acids is 1. The largest absolute Gasteiger partial charge is 0.481 e. The molecule has 2 atom stereocenters. The summed E-state index contributed by atoms with van der Waals surface area (Å²) in [6.07, 6.45) is 1.70. The highest BCUT2D eigenvalue weighted by molar-refractivity contribution is 5.69. The topological polar surface area (TPSA) is 37.3 Å². The number of benzene rings is 1. The highest BCUT2D eigenvalue weighted by Crippen LogP contribution is 2.17. The summed E-state index contributed by atoms with van der Waals surface area (Å²) in [7, 11) is 0. The van der Waals surface area contributed by atoms with Crippen LogP contribution in [-0.4, -0.2) is 11.1 Å². The lowest BCUT2D eigenvalue weighted by Gasteiger charge is -2.14. The lowest BCUT2D eigenvalue weighted by molar-refractivity contribution is -0.141. The van der Waals surface area contributed by atoms with Crippen LogP contribution in [0.3, 0.4) is 0 Å². The van der Waals surface area contributed by atoms with Crippen molar-refractivity contribution in [1.82, 2.24) is 0 Å². The van der Waals surface area contributed by atoms with Crippen molar-refractivity contribution >= 4 is 5.97 Å². The van der Waals surface area contributed by atoms with Crippen LogP contribution >= 0.6 is 0 Å². The Morgan fingerprint density at radius 3 is 2.31 bits per heavy atom. The molecule has 0 amide bonds. The molecule has 0 radical (unpaired) electrons. The van der Waals surface area contributed by atoms with Crippen molar-refractivity contribution in [1.29, 1.82) is 0 Å². The molecule has 0 aliphatic rings. The molecule has 0 saturated carbocycles. The Labute approximate surface area is 97.3 Å². The van der Waals surface area contributed by atoms with Crippen molar-refractivity contribution in [3.8, 4) is 0 Å². The number of aryl methyl sites for hydroxylation is 1. The van der Waals surface area contributed by atoms with Crippen molar-refractivity contribution in [2.75, 3.05) is 0 Å². The fourth-order valence-corrected chi connectivity index (χ4v) is 1.91. The van der Waals surface area contributed by atoms with Crippen LogP contribution in [0.4, 0.5) is 0 Å². The van der Waals surface area contributed by atoms with Gasteiger partial charge in [-0.1, -0.05) is 43.7 Å². The molecule has 0 fully saturated rings. The first kappa shape index (κ1) is 12.8. The SMILES string of the molecule is Cc1ccc(C[C@H](C)CC(C)C(=O)O)cc1. The molecule has 88 valence electrons. The van der Waals surface area contributed by atoms with Gasteiger partial charge in [0.15, 0.2) is 0 Å². The minimum Gasteiger partial charge on any atom is -0.481 e. The van der Waals surface area contributed by atoms with E-state index in [0.29, 0.717) is 5.92 Å². The molecule has 1 rings (SSSR count). The summed E-state index contributed by atoms with van der Waals surface area (Å²) < 4.78 is 0. The monoisotopic (exact) mass is 220 g/mol. The number of hydrogen-bond donors (Lipinski definition) is 1. The lowest BCUT2D eigenvalue weighted by Crippen LogP contribution is -2.14. The van der Waals surface area contributed by atoms with Gasteiger partial charge in [-0.05, 0) is 31.2 Å². The number of carboxylic acid groups (broad SMARTS) is 1. The van der Waals surface area contributed by atoms with Crippen LogP contribution in [0.2, 0.25) is 0 Å². The third-order valence-electron chi connectivity index (χ3n) is 2.88. The van der Waals surface area contributed by atoms with E-state index in [-0.39, 0.29) is 5.92 Å². The number of carboxylic acids is 1. The van der Waals surface area contributed by atoms with Gasteiger partial charge in [0.05, 0.1) is 5.92 Å². The molecule has 0 saturated heterocycles. The second-order valence-electron chi connectivity index (χ2n) is 4.77. The van der Waals surface area contributed by atoms with Gasteiger partial charge in [-0.25, -0.2) is 0 Å². The zero-order valence-corrected chi connectivity index (χ0v) is 10.2. The quantitative estimate of drug-likeness (QED) is 0.826. The Morgan fingerprint density at radius 2 is 1.81 bits per heavy atom. The Balaban J connectivity index is 2.48. The molecule has 0 aliphatic carbocycles. The van der Waals surface area contributed by atoms with Gasteiger partial charge in [0.2, 0.25) is 0 Å². The highest BCUT2D eigenvalue weighted by Gasteiger charge is 2.15. The average Bonchev–Trinajstić information content (AvgIpc) is 2.21. The predicted molar refractivity (Wildman–Crippen MR) is 65.5 cm³/mol. The molecular weight excluding hydrogens is 200 g/mol. The van der Waals surface area contributed by atoms with Crippen LogP contribution in [-0.2, 0) is 11.2 Å². The third kappa shape index (κ3) is 4.05. The first-order valence-electron chi connectivity index (χ1n) is 5.77. The minimum absolute atomic E-state index is 0.250. The van der Waals surface area contributed by atoms with E-state index in [9.17, 15) is 4.79 Å². The fraction of sp³-hybridized carbons (Fsp3) is 0.500. The van der Waals surface area contributed by atoms with Gasteiger partial charge in [0, 0.05) is 0 Å². The standard InChI is InChI=1S/C14H20O2/c1-10-4-6-13(7-5-10)9-11(2)8-12(3)14(15)16/h4-7,11-12H,8-9H2,1-3H3,(H,15,16)/t11-,12?/m1/s1. The lowest BCUT2D eigenvalue weighted by atomic mass is 9.91. The normalized spacial score (nSPS) is 14.4. The molecule has 0 aromatic heterocycles. The molecule has 0 bridgehead atoms. The maximum Gasteiger partial charge on any atom is 0.306 e. The Hall–Kier alpha value is -1.31. The summed E-state index contributed by atoms with van der Waals surface area (Å²) in [5, 5.41) is 8.83. The third-order valence-corrected chi connectivity index (χ3v) is 2.88. The van der Waals surface area contributed by atoms with E-state index in [1.807, 2.05) is 0 Å². The summed E-state index contributed by atoms with van der Waals surface area (Å²) in [4.78, 5) is 10.7. The summed E-state index contributed by atoms with van der Waals surface area (Å²) in [6, 6.07) is 8.44. The highest BCUT2D eigenvalue weighted by atomic mass is 16.4. The zero-order valence-electron chi connectivity index (χ0n) is 10.2. The van der Waals surface area contributed by atoms with Crippen LogP contribution in [0.5, 0.6) is 0 Å². The van der Waals surface area contributed by atoms with Gasteiger partial charge in [0.25, 0.3) is 0 Å². The molecule has 0 aliphatic heterocycles. The van der Waals surface area contributed by atoms with E-state index >= 15 is 0 Å². The molecule has 2 nitrogen and oxygen atoms in total. The van der Waals surface area contributed by atoms with Crippen LogP contribution < -0.4 is 0 Å². The van der Waals surface area contributed by atoms with Crippen molar-refractivity contribution < 1.29 is 9.90 Å². The maximum atomic E-state index is 10.7. The number of rotatable bonds is 5. The smallest absolute Gasteiger partial charge is 0.306 e. The fourth-order valence-electron chi connectivity index (χ4n) is 1.91. The van der Waals surface area contributed by atoms with Gasteiger partial charge in [0.1, 0.15) is 0 Å². The molecule has 16 heavy (non-hydrogen) atoms. The molecule has 1 aromatic rings. The van der Waals surface area contributed by atoms with Gasteiger partial charge in [-0.15, -0.1) is 0 Å². The van der Waals surface area contributed by atoms with E-state index in [2.05, 4.69) is 38.1 Å². The second-order valence-corrected chi connectivity index (χ2v) is 4.77. The maximum absolute atomic E-state index is 10.7. The molecule has 0 heterocycles. The van der Waals surface area contributed by atoms with Gasteiger partial charge >= 0.3 is 5.97 Å². The predicted octanol–water partition coefficient (Wildman–Crippen LogP) is 3.28. The first-order valence-corrected chi connectivity index (χ1v) is 5.77. The summed E-state index contributed by atoms with van der Waals surface area (Å²) in [5.41, 5.74) is 2.55. The van der Waals surface area contributed by atoms with E-state index in [0.717, 1.165) is 12.8 Å². The van der Waals surface area contributed by atoms with Crippen LogP contribution in [0, 0.1) is 18.8 Å². The molecule has 1 unspecified atom stereocenters.